The molecule has 3 rings (SSSR count). The minimum atomic E-state index is -0.430. The number of halogens is 2. The summed E-state index contributed by atoms with van der Waals surface area (Å²) in [5.41, 5.74) is 1.82. The van der Waals surface area contributed by atoms with E-state index in [1.54, 1.807) is 6.07 Å². The zero-order valence-electron chi connectivity index (χ0n) is 17.9. The van der Waals surface area contributed by atoms with Crippen molar-refractivity contribution in [2.75, 3.05) is 12.5 Å². The van der Waals surface area contributed by atoms with Crippen molar-refractivity contribution in [3.05, 3.63) is 76.0 Å². The first kappa shape index (κ1) is 23.6. The molecule has 0 atom stereocenters. The van der Waals surface area contributed by atoms with Crippen LogP contribution in [0, 0.1) is 11.3 Å². The zero-order valence-corrected chi connectivity index (χ0v) is 19.5. The molecule has 0 bridgehead atoms. The highest BCUT2D eigenvalue weighted by atomic mass is 35.5. The molecule has 166 valence electrons. The second-order valence-electron chi connectivity index (χ2n) is 7.61. The summed E-state index contributed by atoms with van der Waals surface area (Å²) < 4.78 is 16.6. The SMILES string of the molecule is CC(=O)c1ncc(COc2ccc(C(C)(C)c3cc(Cl)c(OCCCl)c(C#N)c3)cc2)o1. The Labute approximate surface area is 196 Å². The molecule has 0 saturated heterocycles. The van der Waals surface area contributed by atoms with E-state index in [4.69, 9.17) is 37.1 Å². The Hall–Kier alpha value is -3.01. The lowest BCUT2D eigenvalue weighted by Gasteiger charge is -2.27. The smallest absolute Gasteiger partial charge is 0.263 e. The molecule has 32 heavy (non-hydrogen) atoms. The van der Waals surface area contributed by atoms with Crippen molar-refractivity contribution in [1.82, 2.24) is 4.98 Å². The lowest BCUT2D eigenvalue weighted by Crippen LogP contribution is -2.19. The minimum absolute atomic E-state index is 0.0650. The van der Waals surface area contributed by atoms with Gasteiger partial charge in [-0.25, -0.2) is 4.98 Å². The van der Waals surface area contributed by atoms with Gasteiger partial charge in [-0.05, 0) is 35.4 Å². The van der Waals surface area contributed by atoms with Crippen molar-refractivity contribution in [3.8, 4) is 17.6 Å². The summed E-state index contributed by atoms with van der Waals surface area (Å²) in [5, 5.41) is 9.92. The molecule has 0 aliphatic heterocycles. The third-order valence-electron chi connectivity index (χ3n) is 5.02. The Balaban J connectivity index is 1.77. The van der Waals surface area contributed by atoms with Crippen LogP contribution in [0.3, 0.4) is 0 Å². The van der Waals surface area contributed by atoms with Crippen molar-refractivity contribution in [1.29, 1.82) is 5.26 Å². The van der Waals surface area contributed by atoms with E-state index in [9.17, 15) is 10.1 Å². The number of carbonyl (C=O) groups is 1. The van der Waals surface area contributed by atoms with Crippen LogP contribution in [0.5, 0.6) is 11.5 Å². The van der Waals surface area contributed by atoms with E-state index in [-0.39, 0.29) is 24.9 Å². The number of carbonyl (C=O) groups excluding carboxylic acids is 1. The lowest BCUT2D eigenvalue weighted by molar-refractivity contribution is 0.0976. The zero-order chi connectivity index (χ0) is 23.3. The molecule has 0 saturated carbocycles. The Morgan fingerprint density at radius 1 is 1.19 bits per heavy atom. The summed E-state index contributed by atoms with van der Waals surface area (Å²) >= 11 is 12.1. The summed E-state index contributed by atoms with van der Waals surface area (Å²) in [6, 6.07) is 13.4. The number of ether oxygens (including phenoxy) is 2. The molecule has 1 heterocycles. The van der Waals surface area contributed by atoms with Gasteiger partial charge in [-0.1, -0.05) is 37.6 Å². The standard InChI is InChI=1S/C24H22Cl2N2O4/c1-15(29)23-28-13-20(32-23)14-31-19-6-4-17(5-7-19)24(2,3)18-10-16(12-27)22(21(26)11-18)30-9-8-25/h4-7,10-11,13H,8-9,14H2,1-3H3. The molecule has 0 radical (unpaired) electrons. The van der Waals surface area contributed by atoms with Gasteiger partial charge < -0.3 is 13.9 Å². The number of benzene rings is 2. The fraction of sp³-hybridized carbons (Fsp3) is 0.292. The van der Waals surface area contributed by atoms with Crippen LogP contribution in [0.2, 0.25) is 5.02 Å². The second-order valence-corrected chi connectivity index (χ2v) is 8.40. The van der Waals surface area contributed by atoms with Gasteiger partial charge in [0.05, 0.1) is 22.7 Å². The van der Waals surface area contributed by atoms with Crippen molar-refractivity contribution >= 4 is 29.0 Å². The van der Waals surface area contributed by atoms with Crippen LogP contribution in [0.25, 0.3) is 0 Å². The number of nitriles is 1. The summed E-state index contributed by atoms with van der Waals surface area (Å²) in [5.74, 6) is 1.59. The van der Waals surface area contributed by atoms with Gasteiger partial charge in [-0.15, -0.1) is 11.6 Å². The highest BCUT2D eigenvalue weighted by molar-refractivity contribution is 6.32. The number of ketones is 1. The van der Waals surface area contributed by atoms with Crippen LogP contribution >= 0.6 is 23.2 Å². The first-order valence-electron chi connectivity index (χ1n) is 9.88. The number of nitrogens with zero attached hydrogens (tertiary/aromatic N) is 2. The molecule has 0 N–H and O–H groups in total. The largest absolute Gasteiger partial charge is 0.489 e. The van der Waals surface area contributed by atoms with Gasteiger partial charge >= 0.3 is 0 Å². The maximum Gasteiger partial charge on any atom is 0.263 e. The van der Waals surface area contributed by atoms with Gasteiger partial charge in [0, 0.05) is 12.3 Å². The summed E-state index contributed by atoms with van der Waals surface area (Å²) in [6.07, 6.45) is 1.48. The normalized spacial score (nSPS) is 11.1. The molecular formula is C24H22Cl2N2O4. The molecule has 0 fully saturated rings. The van der Waals surface area contributed by atoms with Gasteiger partial charge in [0.2, 0.25) is 5.78 Å². The number of hydrogen-bond donors (Lipinski definition) is 0. The van der Waals surface area contributed by atoms with Gasteiger partial charge in [0.25, 0.3) is 5.89 Å². The number of hydrogen-bond acceptors (Lipinski definition) is 6. The van der Waals surface area contributed by atoms with Crippen LogP contribution in [-0.4, -0.2) is 23.3 Å². The Kier molecular flexibility index (Phi) is 7.44. The topological polar surface area (TPSA) is 85.4 Å². The van der Waals surface area contributed by atoms with Crippen LogP contribution in [-0.2, 0) is 12.0 Å². The van der Waals surface area contributed by atoms with E-state index >= 15 is 0 Å². The number of rotatable bonds is 9. The van der Waals surface area contributed by atoms with E-state index < -0.39 is 5.41 Å². The molecule has 2 aromatic carbocycles. The average Bonchev–Trinajstić information content (AvgIpc) is 3.26. The maximum absolute atomic E-state index is 11.3. The third kappa shape index (κ3) is 5.24. The Morgan fingerprint density at radius 2 is 1.91 bits per heavy atom. The van der Waals surface area contributed by atoms with E-state index in [0.29, 0.717) is 33.7 Å². The molecular weight excluding hydrogens is 451 g/mol. The lowest BCUT2D eigenvalue weighted by atomic mass is 9.77. The molecule has 0 amide bonds. The number of aromatic nitrogens is 1. The summed E-state index contributed by atoms with van der Waals surface area (Å²) in [6.45, 7) is 5.92. The van der Waals surface area contributed by atoms with Gasteiger partial charge in [-0.3, -0.25) is 4.79 Å². The number of alkyl halides is 1. The van der Waals surface area contributed by atoms with Crippen molar-refractivity contribution in [2.45, 2.75) is 32.8 Å². The minimum Gasteiger partial charge on any atom is -0.489 e. The first-order chi connectivity index (χ1) is 15.3. The van der Waals surface area contributed by atoms with Crippen molar-refractivity contribution in [3.63, 3.8) is 0 Å². The maximum atomic E-state index is 11.3. The van der Waals surface area contributed by atoms with E-state index in [0.717, 1.165) is 11.1 Å². The number of Topliss-reactive ketones (excluding diaryl/α,β-unsaturated/α-hetero) is 1. The van der Waals surface area contributed by atoms with Gasteiger partial charge in [0.1, 0.15) is 25.0 Å². The van der Waals surface area contributed by atoms with Gasteiger partial charge in [0.15, 0.2) is 11.5 Å². The molecule has 0 spiro atoms. The Morgan fingerprint density at radius 3 is 2.50 bits per heavy atom. The van der Waals surface area contributed by atoms with Crippen LogP contribution in [0.1, 0.15) is 53.9 Å². The highest BCUT2D eigenvalue weighted by Gasteiger charge is 2.26. The van der Waals surface area contributed by atoms with Crippen LogP contribution in [0.15, 0.2) is 47.0 Å². The molecule has 0 unspecified atom stereocenters. The molecule has 6 nitrogen and oxygen atoms in total. The predicted molar refractivity (Wildman–Crippen MR) is 122 cm³/mol. The fourth-order valence-electron chi connectivity index (χ4n) is 3.15. The highest BCUT2D eigenvalue weighted by Crippen LogP contribution is 2.38. The average molecular weight is 473 g/mol. The van der Waals surface area contributed by atoms with Gasteiger partial charge in [-0.2, -0.15) is 5.26 Å². The molecule has 0 aliphatic carbocycles. The summed E-state index contributed by atoms with van der Waals surface area (Å²) in [4.78, 5) is 15.2. The third-order valence-corrected chi connectivity index (χ3v) is 5.46. The predicted octanol–water partition coefficient (Wildman–Crippen LogP) is 5.92. The molecule has 1 aromatic heterocycles. The van der Waals surface area contributed by atoms with Crippen LogP contribution in [0.4, 0.5) is 0 Å². The monoisotopic (exact) mass is 472 g/mol. The second kappa shape index (κ2) is 10.1. The van der Waals surface area contributed by atoms with E-state index in [1.165, 1.54) is 13.1 Å². The first-order valence-corrected chi connectivity index (χ1v) is 10.8. The van der Waals surface area contributed by atoms with E-state index in [1.807, 2.05) is 44.2 Å². The van der Waals surface area contributed by atoms with Crippen molar-refractivity contribution < 1.29 is 18.7 Å². The van der Waals surface area contributed by atoms with Crippen LogP contribution < -0.4 is 9.47 Å². The molecule has 0 aliphatic rings. The fourth-order valence-corrected chi connectivity index (χ4v) is 3.50. The van der Waals surface area contributed by atoms with E-state index in [2.05, 4.69) is 11.1 Å². The molecule has 8 heteroatoms. The summed E-state index contributed by atoms with van der Waals surface area (Å²) in [7, 11) is 0. The quantitative estimate of drug-likeness (QED) is 0.283. The number of oxazole rings is 1. The Bertz CT molecular complexity index is 1150. The molecule has 3 aromatic rings. The van der Waals surface area contributed by atoms with Crippen molar-refractivity contribution in [2.24, 2.45) is 0 Å².